The Bertz CT molecular complexity index is 623. The lowest BCUT2D eigenvalue weighted by Crippen LogP contribution is -2.57. The van der Waals surface area contributed by atoms with Gasteiger partial charge in [-0.15, -0.1) is 10.2 Å². The molecule has 0 saturated carbocycles. The molecule has 2 aliphatic rings. The first kappa shape index (κ1) is 16.1. The molecule has 1 aromatic heterocycles. The molecular formula is C13H22N4O3S2. The van der Waals surface area contributed by atoms with Crippen molar-refractivity contribution in [3.05, 3.63) is 5.01 Å². The highest BCUT2D eigenvalue weighted by Crippen LogP contribution is 2.42. The molecule has 2 saturated heterocycles. The zero-order chi connectivity index (χ0) is 15.8. The molecule has 0 bridgehead atoms. The SMILES string of the molecule is Cc1nnc(N2CCC3(CCOC[C@@H]3NS(C)(=O)=O)CC2)s1. The highest BCUT2D eigenvalue weighted by Gasteiger charge is 2.44. The van der Waals surface area contributed by atoms with Gasteiger partial charge in [-0.3, -0.25) is 0 Å². The third-order valence-corrected chi connectivity index (χ3v) is 6.28. The van der Waals surface area contributed by atoms with E-state index < -0.39 is 10.0 Å². The van der Waals surface area contributed by atoms with Gasteiger partial charge in [0.05, 0.1) is 18.9 Å². The van der Waals surface area contributed by atoms with Crippen molar-refractivity contribution in [1.82, 2.24) is 14.9 Å². The minimum Gasteiger partial charge on any atom is -0.380 e. The van der Waals surface area contributed by atoms with Crippen molar-refractivity contribution in [2.24, 2.45) is 5.41 Å². The van der Waals surface area contributed by atoms with E-state index in [4.69, 9.17) is 4.74 Å². The van der Waals surface area contributed by atoms with Crippen LogP contribution in [0, 0.1) is 12.3 Å². The summed E-state index contributed by atoms with van der Waals surface area (Å²) in [7, 11) is -3.23. The van der Waals surface area contributed by atoms with Gasteiger partial charge in [-0.1, -0.05) is 11.3 Å². The minimum atomic E-state index is -3.23. The maximum absolute atomic E-state index is 11.6. The first-order chi connectivity index (χ1) is 10.4. The van der Waals surface area contributed by atoms with Gasteiger partial charge in [0, 0.05) is 19.7 Å². The van der Waals surface area contributed by atoms with Crippen LogP contribution in [0.15, 0.2) is 0 Å². The summed E-state index contributed by atoms with van der Waals surface area (Å²) in [5.41, 5.74) is -0.00242. The average Bonchev–Trinajstić information content (AvgIpc) is 2.88. The Kier molecular flexibility index (Phi) is 4.41. The molecule has 0 amide bonds. The quantitative estimate of drug-likeness (QED) is 0.870. The van der Waals surface area contributed by atoms with Crippen LogP contribution in [0.25, 0.3) is 0 Å². The maximum atomic E-state index is 11.6. The summed E-state index contributed by atoms with van der Waals surface area (Å²) in [6.45, 7) is 4.90. The Hall–Kier alpha value is -0.770. The largest absolute Gasteiger partial charge is 0.380 e. The van der Waals surface area contributed by atoms with E-state index in [9.17, 15) is 8.42 Å². The molecule has 124 valence electrons. The van der Waals surface area contributed by atoms with Crippen LogP contribution in [0.2, 0.25) is 0 Å². The molecule has 1 spiro atoms. The number of aryl methyl sites for hydroxylation is 1. The highest BCUT2D eigenvalue weighted by atomic mass is 32.2. The second kappa shape index (κ2) is 6.03. The van der Waals surface area contributed by atoms with Crippen LogP contribution in [0.4, 0.5) is 5.13 Å². The van der Waals surface area contributed by atoms with E-state index in [0.717, 1.165) is 42.5 Å². The summed E-state index contributed by atoms with van der Waals surface area (Å²) in [6.07, 6.45) is 4.02. The minimum absolute atomic E-state index is 0.00242. The number of piperidine rings is 1. The van der Waals surface area contributed by atoms with Crippen molar-refractivity contribution < 1.29 is 13.2 Å². The number of hydrogen-bond donors (Lipinski definition) is 1. The summed E-state index contributed by atoms with van der Waals surface area (Å²) in [5.74, 6) is 0. The van der Waals surface area contributed by atoms with E-state index in [-0.39, 0.29) is 11.5 Å². The molecule has 3 rings (SSSR count). The first-order valence-electron chi connectivity index (χ1n) is 7.48. The van der Waals surface area contributed by atoms with Crippen LogP contribution in [-0.2, 0) is 14.8 Å². The summed E-state index contributed by atoms with van der Waals surface area (Å²) < 4.78 is 31.5. The van der Waals surface area contributed by atoms with Crippen molar-refractivity contribution in [3.8, 4) is 0 Å². The molecule has 0 unspecified atom stereocenters. The van der Waals surface area contributed by atoms with Crippen molar-refractivity contribution in [1.29, 1.82) is 0 Å². The fraction of sp³-hybridized carbons (Fsp3) is 0.846. The fourth-order valence-corrected chi connectivity index (χ4v) is 4.97. The third kappa shape index (κ3) is 3.42. The summed E-state index contributed by atoms with van der Waals surface area (Å²) in [5, 5.41) is 10.2. The van der Waals surface area contributed by atoms with Crippen LogP contribution < -0.4 is 9.62 Å². The van der Waals surface area contributed by atoms with Gasteiger partial charge in [0.1, 0.15) is 5.01 Å². The molecule has 1 N–H and O–H groups in total. The Morgan fingerprint density at radius 2 is 2.05 bits per heavy atom. The fourth-order valence-electron chi connectivity index (χ4n) is 3.40. The van der Waals surface area contributed by atoms with E-state index >= 15 is 0 Å². The number of nitrogens with one attached hydrogen (secondary N) is 1. The molecule has 3 heterocycles. The standard InChI is InChI=1S/C13H22N4O3S2/c1-10-14-15-12(21-10)17-6-3-13(4-7-17)5-8-20-9-11(13)16-22(2,18)19/h11,16H,3-9H2,1-2H3/t11-/m0/s1. The molecular weight excluding hydrogens is 324 g/mol. The summed E-state index contributed by atoms with van der Waals surface area (Å²) in [4.78, 5) is 2.25. The molecule has 0 radical (unpaired) electrons. The lowest BCUT2D eigenvalue weighted by Gasteiger charge is -2.48. The predicted molar refractivity (Wildman–Crippen MR) is 85.7 cm³/mol. The molecule has 0 aromatic carbocycles. The summed E-state index contributed by atoms with van der Waals surface area (Å²) in [6, 6.07) is -0.130. The number of ether oxygens (including phenoxy) is 1. The molecule has 0 aliphatic carbocycles. The van der Waals surface area contributed by atoms with Crippen LogP contribution in [-0.4, -0.2) is 57.2 Å². The van der Waals surface area contributed by atoms with Crippen LogP contribution in [0.5, 0.6) is 0 Å². The van der Waals surface area contributed by atoms with Crippen molar-refractivity contribution in [3.63, 3.8) is 0 Å². The predicted octanol–water partition coefficient (Wildman–Crippen LogP) is 0.771. The lowest BCUT2D eigenvalue weighted by molar-refractivity contribution is -0.0232. The molecule has 1 atom stereocenters. The number of hydrogen-bond acceptors (Lipinski definition) is 7. The summed E-state index contributed by atoms with van der Waals surface area (Å²) >= 11 is 1.61. The van der Waals surface area contributed by atoms with E-state index in [1.165, 1.54) is 6.26 Å². The van der Waals surface area contributed by atoms with Gasteiger partial charge in [0.15, 0.2) is 0 Å². The number of nitrogens with zero attached hydrogens (tertiary/aromatic N) is 3. The van der Waals surface area contributed by atoms with E-state index in [1.807, 2.05) is 6.92 Å². The monoisotopic (exact) mass is 346 g/mol. The molecule has 1 aromatic rings. The van der Waals surface area contributed by atoms with Crippen molar-refractivity contribution in [2.45, 2.75) is 32.2 Å². The van der Waals surface area contributed by atoms with Gasteiger partial charge in [0.25, 0.3) is 0 Å². The normalized spacial score (nSPS) is 25.5. The highest BCUT2D eigenvalue weighted by molar-refractivity contribution is 7.88. The molecule has 7 nitrogen and oxygen atoms in total. The average molecular weight is 346 g/mol. The van der Waals surface area contributed by atoms with Gasteiger partial charge in [0.2, 0.25) is 15.2 Å². The van der Waals surface area contributed by atoms with Gasteiger partial charge in [-0.25, -0.2) is 13.1 Å². The zero-order valence-electron chi connectivity index (χ0n) is 12.9. The van der Waals surface area contributed by atoms with Gasteiger partial charge in [-0.2, -0.15) is 0 Å². The van der Waals surface area contributed by atoms with Crippen LogP contribution in [0.3, 0.4) is 0 Å². The topological polar surface area (TPSA) is 84.4 Å². The smallest absolute Gasteiger partial charge is 0.209 e. The van der Waals surface area contributed by atoms with Crippen molar-refractivity contribution >= 4 is 26.5 Å². The van der Waals surface area contributed by atoms with Crippen LogP contribution >= 0.6 is 11.3 Å². The van der Waals surface area contributed by atoms with E-state index in [2.05, 4.69) is 19.8 Å². The zero-order valence-corrected chi connectivity index (χ0v) is 14.5. The van der Waals surface area contributed by atoms with Gasteiger partial charge < -0.3 is 9.64 Å². The van der Waals surface area contributed by atoms with E-state index in [1.54, 1.807) is 11.3 Å². The first-order valence-corrected chi connectivity index (χ1v) is 10.2. The molecule has 2 fully saturated rings. The molecule has 22 heavy (non-hydrogen) atoms. The second-order valence-corrected chi connectivity index (χ2v) is 9.16. The Labute approximate surface area is 135 Å². The van der Waals surface area contributed by atoms with Gasteiger partial charge in [-0.05, 0) is 31.6 Å². The van der Waals surface area contributed by atoms with Gasteiger partial charge >= 0.3 is 0 Å². The third-order valence-electron chi connectivity index (χ3n) is 4.67. The molecule has 2 aliphatic heterocycles. The van der Waals surface area contributed by atoms with E-state index in [0.29, 0.717) is 13.2 Å². The number of aromatic nitrogens is 2. The Morgan fingerprint density at radius 3 is 2.64 bits per heavy atom. The molecule has 9 heteroatoms. The van der Waals surface area contributed by atoms with Crippen molar-refractivity contribution in [2.75, 3.05) is 37.5 Å². The number of rotatable bonds is 3. The Morgan fingerprint density at radius 1 is 1.32 bits per heavy atom. The van der Waals surface area contributed by atoms with Crippen LogP contribution in [0.1, 0.15) is 24.3 Å². The number of sulfonamides is 1. The lowest BCUT2D eigenvalue weighted by atomic mass is 9.69. The second-order valence-electron chi connectivity index (χ2n) is 6.22. The number of anilines is 1. The Balaban J connectivity index is 1.71. The maximum Gasteiger partial charge on any atom is 0.209 e.